The lowest BCUT2D eigenvalue weighted by atomic mass is 9.76. The Balaban J connectivity index is 2.45. The van der Waals surface area contributed by atoms with Gasteiger partial charge >= 0.3 is 0 Å². The van der Waals surface area contributed by atoms with Crippen molar-refractivity contribution in [3.63, 3.8) is 0 Å². The van der Waals surface area contributed by atoms with Crippen LogP contribution in [0.1, 0.15) is 27.2 Å². The van der Waals surface area contributed by atoms with Crippen LogP contribution in [-0.4, -0.2) is 23.8 Å². The lowest BCUT2D eigenvalue weighted by molar-refractivity contribution is -0.0728. The van der Waals surface area contributed by atoms with E-state index in [4.69, 9.17) is 0 Å². The first kappa shape index (κ1) is 9.01. The van der Waals surface area contributed by atoms with Crippen LogP contribution < -0.4 is 5.32 Å². The number of nitrogens with one attached hydrogen (secondary N) is 1. The fourth-order valence-corrected chi connectivity index (χ4v) is 1.59. The van der Waals surface area contributed by atoms with Crippen LogP contribution >= 0.6 is 0 Å². The highest BCUT2D eigenvalue weighted by molar-refractivity contribution is 4.97. The molecule has 1 fully saturated rings. The second-order valence-corrected chi connectivity index (χ2v) is 3.88. The van der Waals surface area contributed by atoms with E-state index in [0.717, 1.165) is 19.5 Å². The summed E-state index contributed by atoms with van der Waals surface area (Å²) < 4.78 is 0. The van der Waals surface area contributed by atoms with Gasteiger partial charge in [0.2, 0.25) is 0 Å². The van der Waals surface area contributed by atoms with Crippen molar-refractivity contribution < 1.29 is 5.11 Å². The topological polar surface area (TPSA) is 32.3 Å². The van der Waals surface area contributed by atoms with Gasteiger partial charge in [-0.25, -0.2) is 0 Å². The molecule has 2 atom stereocenters. The molecule has 2 N–H and O–H groups in total. The SMILES string of the molecule is CCC(C)C(C)C1(O)CNC1. The van der Waals surface area contributed by atoms with Crippen LogP contribution in [0.15, 0.2) is 0 Å². The Kier molecular flexibility index (Phi) is 2.55. The first-order valence-electron chi connectivity index (χ1n) is 4.53. The van der Waals surface area contributed by atoms with Crippen LogP contribution in [-0.2, 0) is 0 Å². The summed E-state index contributed by atoms with van der Waals surface area (Å²) in [5, 5.41) is 13.0. The zero-order valence-electron chi connectivity index (χ0n) is 7.72. The minimum Gasteiger partial charge on any atom is -0.387 e. The van der Waals surface area contributed by atoms with Crippen molar-refractivity contribution in [2.45, 2.75) is 32.8 Å². The highest BCUT2D eigenvalue weighted by atomic mass is 16.3. The maximum atomic E-state index is 9.92. The van der Waals surface area contributed by atoms with Crippen molar-refractivity contribution in [1.82, 2.24) is 5.32 Å². The number of rotatable bonds is 3. The van der Waals surface area contributed by atoms with E-state index < -0.39 is 5.60 Å². The molecule has 0 saturated carbocycles. The molecule has 1 aliphatic heterocycles. The smallest absolute Gasteiger partial charge is 0.0922 e. The van der Waals surface area contributed by atoms with Crippen molar-refractivity contribution in [3.8, 4) is 0 Å². The van der Waals surface area contributed by atoms with Gasteiger partial charge in [0.15, 0.2) is 0 Å². The molecule has 1 aliphatic rings. The van der Waals surface area contributed by atoms with Crippen molar-refractivity contribution in [2.75, 3.05) is 13.1 Å². The Hall–Kier alpha value is -0.0800. The van der Waals surface area contributed by atoms with Crippen LogP contribution in [0, 0.1) is 11.8 Å². The molecule has 0 bridgehead atoms. The molecule has 11 heavy (non-hydrogen) atoms. The van der Waals surface area contributed by atoms with Gasteiger partial charge in [-0.2, -0.15) is 0 Å². The van der Waals surface area contributed by atoms with Crippen LogP contribution in [0.25, 0.3) is 0 Å². The molecule has 1 heterocycles. The zero-order valence-corrected chi connectivity index (χ0v) is 7.72. The average molecular weight is 157 g/mol. The Morgan fingerprint density at radius 3 is 2.27 bits per heavy atom. The Labute approximate surface area is 69.0 Å². The molecular weight excluding hydrogens is 138 g/mol. The Morgan fingerprint density at radius 1 is 1.45 bits per heavy atom. The van der Waals surface area contributed by atoms with Gasteiger partial charge in [0.25, 0.3) is 0 Å². The van der Waals surface area contributed by atoms with E-state index in [1.165, 1.54) is 0 Å². The molecular formula is C9H19NO. The molecule has 2 nitrogen and oxygen atoms in total. The van der Waals surface area contributed by atoms with E-state index in [0.29, 0.717) is 11.8 Å². The van der Waals surface area contributed by atoms with Gasteiger partial charge in [0, 0.05) is 13.1 Å². The van der Waals surface area contributed by atoms with E-state index in [9.17, 15) is 5.11 Å². The third kappa shape index (κ3) is 1.57. The van der Waals surface area contributed by atoms with E-state index in [-0.39, 0.29) is 0 Å². The molecule has 0 aliphatic carbocycles. The molecule has 0 aromatic rings. The van der Waals surface area contributed by atoms with Gasteiger partial charge in [-0.05, 0) is 11.8 Å². The van der Waals surface area contributed by atoms with Gasteiger partial charge in [-0.15, -0.1) is 0 Å². The highest BCUT2D eigenvalue weighted by Gasteiger charge is 2.41. The molecule has 0 aromatic heterocycles. The molecule has 0 amide bonds. The maximum Gasteiger partial charge on any atom is 0.0922 e. The molecule has 0 spiro atoms. The summed E-state index contributed by atoms with van der Waals surface area (Å²) in [6.07, 6.45) is 1.16. The maximum absolute atomic E-state index is 9.92. The van der Waals surface area contributed by atoms with Crippen molar-refractivity contribution in [1.29, 1.82) is 0 Å². The van der Waals surface area contributed by atoms with Gasteiger partial charge in [-0.1, -0.05) is 27.2 Å². The Bertz CT molecular complexity index is 132. The third-order valence-electron chi connectivity index (χ3n) is 3.21. The lowest BCUT2D eigenvalue weighted by Gasteiger charge is -2.44. The van der Waals surface area contributed by atoms with Gasteiger partial charge < -0.3 is 10.4 Å². The second kappa shape index (κ2) is 3.11. The van der Waals surface area contributed by atoms with Gasteiger partial charge in [0.05, 0.1) is 5.60 Å². The normalized spacial score (nSPS) is 27.3. The van der Waals surface area contributed by atoms with E-state index >= 15 is 0 Å². The fourth-order valence-electron chi connectivity index (χ4n) is 1.59. The molecule has 66 valence electrons. The largest absolute Gasteiger partial charge is 0.387 e. The summed E-state index contributed by atoms with van der Waals surface area (Å²) in [6, 6.07) is 0. The van der Waals surface area contributed by atoms with E-state index in [1.54, 1.807) is 0 Å². The number of hydrogen-bond acceptors (Lipinski definition) is 2. The fraction of sp³-hybridized carbons (Fsp3) is 1.00. The van der Waals surface area contributed by atoms with Gasteiger partial charge in [0.1, 0.15) is 0 Å². The molecule has 1 rings (SSSR count). The first-order valence-corrected chi connectivity index (χ1v) is 4.53. The molecule has 2 unspecified atom stereocenters. The standard InChI is InChI=1S/C9H19NO/c1-4-7(2)8(3)9(11)5-10-6-9/h7-8,10-11H,4-6H2,1-3H3. The quantitative estimate of drug-likeness (QED) is 0.640. The second-order valence-electron chi connectivity index (χ2n) is 3.88. The first-order chi connectivity index (χ1) is 5.10. The van der Waals surface area contributed by atoms with Crippen LogP contribution in [0.4, 0.5) is 0 Å². The molecule has 0 radical (unpaired) electrons. The predicted octanol–water partition coefficient (Wildman–Crippen LogP) is 1.00. The Morgan fingerprint density at radius 2 is 2.00 bits per heavy atom. The van der Waals surface area contributed by atoms with Gasteiger partial charge in [-0.3, -0.25) is 0 Å². The monoisotopic (exact) mass is 157 g/mol. The number of β-amino-alcohol motifs (C(OH)–C–C–N with tert-alkyl or cyclic N) is 1. The summed E-state index contributed by atoms with van der Waals surface area (Å²) in [5.41, 5.74) is -0.407. The predicted molar refractivity (Wildman–Crippen MR) is 46.4 cm³/mol. The minimum absolute atomic E-state index is 0.407. The molecule has 1 saturated heterocycles. The minimum atomic E-state index is -0.407. The summed E-state index contributed by atoms with van der Waals surface area (Å²) >= 11 is 0. The average Bonchev–Trinajstić information content (AvgIpc) is 1.97. The number of aliphatic hydroxyl groups is 1. The van der Waals surface area contributed by atoms with Crippen molar-refractivity contribution in [3.05, 3.63) is 0 Å². The van der Waals surface area contributed by atoms with E-state index in [2.05, 4.69) is 26.1 Å². The molecule has 2 heteroatoms. The third-order valence-corrected chi connectivity index (χ3v) is 3.21. The summed E-state index contributed by atoms with van der Waals surface area (Å²) in [4.78, 5) is 0. The van der Waals surface area contributed by atoms with E-state index in [1.807, 2.05) is 0 Å². The zero-order chi connectivity index (χ0) is 8.48. The summed E-state index contributed by atoms with van der Waals surface area (Å²) in [6.45, 7) is 8.09. The van der Waals surface area contributed by atoms with Crippen LogP contribution in [0.2, 0.25) is 0 Å². The summed E-state index contributed by atoms with van der Waals surface area (Å²) in [5.74, 6) is 1.05. The van der Waals surface area contributed by atoms with Crippen molar-refractivity contribution >= 4 is 0 Å². The lowest BCUT2D eigenvalue weighted by Crippen LogP contribution is -2.64. The van der Waals surface area contributed by atoms with Crippen LogP contribution in [0.3, 0.4) is 0 Å². The molecule has 0 aromatic carbocycles. The van der Waals surface area contributed by atoms with Crippen molar-refractivity contribution in [2.24, 2.45) is 11.8 Å². The number of hydrogen-bond donors (Lipinski definition) is 2. The summed E-state index contributed by atoms with van der Waals surface area (Å²) in [7, 11) is 0. The highest BCUT2D eigenvalue weighted by Crippen LogP contribution is 2.29. The van der Waals surface area contributed by atoms with Crippen LogP contribution in [0.5, 0.6) is 0 Å².